The minimum Gasteiger partial charge on any atom is -0.455 e. The molecule has 156 valence electrons. The summed E-state index contributed by atoms with van der Waals surface area (Å²) in [7, 11) is -3.99. The van der Waals surface area contributed by atoms with E-state index in [0.29, 0.717) is 11.1 Å². The highest BCUT2D eigenvalue weighted by molar-refractivity contribution is 7.93. The maximum Gasteiger partial charge on any atom is 0.263 e. The number of H-pyrrole nitrogens is 1. The van der Waals surface area contributed by atoms with Crippen LogP contribution in [0.5, 0.6) is 11.5 Å². The number of benzene rings is 2. The lowest BCUT2D eigenvalue weighted by molar-refractivity contribution is 0.480. The molecular formula is C18H10ClFN6O3S2. The van der Waals surface area contributed by atoms with E-state index in [0.717, 1.165) is 17.6 Å². The van der Waals surface area contributed by atoms with Crippen LogP contribution in [-0.2, 0) is 10.0 Å². The van der Waals surface area contributed by atoms with Crippen LogP contribution in [0.4, 0.5) is 9.52 Å². The van der Waals surface area contributed by atoms with E-state index in [1.165, 1.54) is 43.0 Å². The summed E-state index contributed by atoms with van der Waals surface area (Å²) in [6, 6.07) is 8.09. The molecule has 0 spiro atoms. The van der Waals surface area contributed by atoms with Crippen molar-refractivity contribution in [3.05, 3.63) is 65.5 Å². The van der Waals surface area contributed by atoms with Gasteiger partial charge >= 0.3 is 0 Å². The molecular weight excluding hydrogens is 467 g/mol. The maximum atomic E-state index is 14.0. The minimum absolute atomic E-state index is 0.0567. The van der Waals surface area contributed by atoms with Crippen molar-refractivity contribution in [3.63, 3.8) is 0 Å². The van der Waals surface area contributed by atoms with Gasteiger partial charge in [0.1, 0.15) is 29.7 Å². The van der Waals surface area contributed by atoms with E-state index < -0.39 is 15.8 Å². The Balaban J connectivity index is 1.71. The van der Waals surface area contributed by atoms with E-state index >= 15 is 0 Å². The number of rotatable bonds is 6. The molecule has 0 radical (unpaired) electrons. The molecule has 0 bridgehead atoms. The summed E-state index contributed by atoms with van der Waals surface area (Å²) in [5, 5.41) is 15.9. The van der Waals surface area contributed by atoms with Gasteiger partial charge in [-0.1, -0.05) is 11.6 Å². The number of sulfonamides is 1. The summed E-state index contributed by atoms with van der Waals surface area (Å²) >= 11 is 6.77. The Hall–Kier alpha value is -3.53. The zero-order valence-electron chi connectivity index (χ0n) is 15.2. The molecule has 13 heteroatoms. The largest absolute Gasteiger partial charge is 0.455 e. The number of ether oxygens (including phenoxy) is 1. The summed E-state index contributed by atoms with van der Waals surface area (Å²) < 4.78 is 50.9. The fourth-order valence-corrected chi connectivity index (χ4v) is 4.44. The molecule has 4 rings (SSSR count). The Labute approximate surface area is 184 Å². The zero-order chi connectivity index (χ0) is 22.0. The molecule has 2 heterocycles. The monoisotopic (exact) mass is 476 g/mol. The number of aromatic nitrogens is 4. The minimum atomic E-state index is -3.99. The molecule has 2 aromatic carbocycles. The normalized spacial score (nSPS) is 11.1. The first-order chi connectivity index (χ1) is 14.9. The number of halogens is 2. The molecule has 0 amide bonds. The summed E-state index contributed by atoms with van der Waals surface area (Å²) in [6.07, 6.45) is 4.22. The van der Waals surface area contributed by atoms with Gasteiger partial charge in [0, 0.05) is 34.9 Å². The fourth-order valence-electron chi connectivity index (χ4n) is 2.60. The van der Waals surface area contributed by atoms with Crippen molar-refractivity contribution in [1.29, 1.82) is 5.26 Å². The van der Waals surface area contributed by atoms with Gasteiger partial charge in [-0.2, -0.15) is 14.7 Å². The van der Waals surface area contributed by atoms with Crippen molar-refractivity contribution in [1.82, 2.24) is 19.6 Å². The predicted octanol–water partition coefficient (Wildman–Crippen LogP) is 4.19. The second kappa shape index (κ2) is 8.31. The van der Waals surface area contributed by atoms with Crippen LogP contribution in [0.15, 0.2) is 53.9 Å². The fraction of sp³-hybridized carbons (Fsp3) is 0. The van der Waals surface area contributed by atoms with Gasteiger partial charge < -0.3 is 4.74 Å². The Bertz CT molecular complexity index is 1390. The van der Waals surface area contributed by atoms with Crippen LogP contribution in [0.2, 0.25) is 5.02 Å². The average molecular weight is 477 g/mol. The number of hydrogen-bond donors (Lipinski definition) is 2. The van der Waals surface area contributed by atoms with Gasteiger partial charge in [-0.3, -0.25) is 9.82 Å². The van der Waals surface area contributed by atoms with Gasteiger partial charge in [-0.05, 0) is 24.3 Å². The molecule has 2 N–H and O–H groups in total. The molecule has 0 aliphatic rings. The van der Waals surface area contributed by atoms with Gasteiger partial charge in [-0.15, -0.1) is 0 Å². The predicted molar refractivity (Wildman–Crippen MR) is 111 cm³/mol. The van der Waals surface area contributed by atoms with Crippen LogP contribution >= 0.6 is 23.1 Å². The van der Waals surface area contributed by atoms with Crippen LogP contribution in [0.3, 0.4) is 0 Å². The summed E-state index contributed by atoms with van der Waals surface area (Å²) in [4.78, 5) is 3.60. The van der Waals surface area contributed by atoms with Gasteiger partial charge in [0.25, 0.3) is 10.0 Å². The second-order valence-corrected chi connectivity index (χ2v) is 8.84. The molecule has 4 aromatic rings. The van der Waals surface area contributed by atoms with Crippen LogP contribution in [0.25, 0.3) is 11.1 Å². The van der Waals surface area contributed by atoms with E-state index in [9.17, 15) is 18.1 Å². The lowest BCUT2D eigenvalue weighted by Gasteiger charge is -2.13. The van der Waals surface area contributed by atoms with Crippen molar-refractivity contribution in [2.24, 2.45) is 0 Å². The van der Waals surface area contributed by atoms with E-state index in [1.54, 1.807) is 0 Å². The molecule has 0 fully saturated rings. The van der Waals surface area contributed by atoms with E-state index in [-0.39, 0.29) is 32.1 Å². The highest BCUT2D eigenvalue weighted by Gasteiger charge is 2.20. The third-order valence-corrected chi connectivity index (χ3v) is 6.35. The smallest absolute Gasteiger partial charge is 0.263 e. The Morgan fingerprint density at radius 3 is 2.77 bits per heavy atom. The quantitative estimate of drug-likeness (QED) is 0.426. The summed E-state index contributed by atoms with van der Waals surface area (Å²) in [5.41, 5.74) is 0.817. The molecule has 0 aliphatic heterocycles. The molecule has 0 aliphatic carbocycles. The first-order valence-electron chi connectivity index (χ1n) is 8.37. The topological polar surface area (TPSA) is 134 Å². The SMILES string of the molecule is N#Cc1cc(S(=O)(=O)Nc2ncns2)ccc1Oc1cc(Cl)c(F)cc1-c1cn[nH]c1. The first-order valence-corrected chi connectivity index (χ1v) is 11.0. The van der Waals surface area contributed by atoms with Crippen LogP contribution in [0, 0.1) is 17.1 Å². The molecule has 0 saturated heterocycles. The first kappa shape index (κ1) is 20.7. The molecule has 31 heavy (non-hydrogen) atoms. The number of aromatic amines is 1. The standard InChI is InChI=1S/C18H10ClFN6O3S2/c19-14-5-17(13(4-15(14)20)11-7-23-24-8-11)29-16-2-1-12(3-10(16)6-21)31(27,28)26-18-22-9-25-30-18/h1-5,7-9H,(H,23,24)(H,22,25,26). The van der Waals surface area contributed by atoms with E-state index in [4.69, 9.17) is 16.3 Å². The zero-order valence-corrected chi connectivity index (χ0v) is 17.6. The van der Waals surface area contributed by atoms with Crippen molar-refractivity contribution < 1.29 is 17.5 Å². The van der Waals surface area contributed by atoms with Crippen molar-refractivity contribution in [3.8, 4) is 28.7 Å². The van der Waals surface area contributed by atoms with Crippen molar-refractivity contribution in [2.45, 2.75) is 4.90 Å². The number of nitrogens with zero attached hydrogens (tertiary/aromatic N) is 4. The highest BCUT2D eigenvalue weighted by Crippen LogP contribution is 2.38. The molecule has 2 aromatic heterocycles. The highest BCUT2D eigenvalue weighted by atomic mass is 35.5. The van der Waals surface area contributed by atoms with Crippen LogP contribution < -0.4 is 9.46 Å². The summed E-state index contributed by atoms with van der Waals surface area (Å²) in [6.45, 7) is 0. The van der Waals surface area contributed by atoms with Gasteiger partial charge in [0.15, 0.2) is 0 Å². The van der Waals surface area contributed by atoms with Gasteiger partial charge in [0.05, 0.1) is 21.7 Å². The Morgan fingerprint density at radius 2 is 2.10 bits per heavy atom. The third kappa shape index (κ3) is 4.33. The molecule has 0 unspecified atom stereocenters. The molecule has 0 atom stereocenters. The lowest BCUT2D eigenvalue weighted by Crippen LogP contribution is -2.13. The van der Waals surface area contributed by atoms with Crippen molar-refractivity contribution >= 4 is 38.3 Å². The van der Waals surface area contributed by atoms with E-state index in [2.05, 4.69) is 24.3 Å². The molecule has 0 saturated carbocycles. The number of hydrogen-bond acceptors (Lipinski definition) is 8. The lowest BCUT2D eigenvalue weighted by atomic mass is 10.1. The second-order valence-electron chi connectivity index (χ2n) is 5.97. The summed E-state index contributed by atoms with van der Waals surface area (Å²) in [5.74, 6) is -0.438. The Morgan fingerprint density at radius 1 is 1.26 bits per heavy atom. The maximum absolute atomic E-state index is 14.0. The number of anilines is 1. The van der Waals surface area contributed by atoms with E-state index in [1.807, 2.05) is 6.07 Å². The van der Waals surface area contributed by atoms with Crippen LogP contribution in [0.1, 0.15) is 5.56 Å². The average Bonchev–Trinajstić information content (AvgIpc) is 3.44. The third-order valence-electron chi connectivity index (χ3n) is 4.02. The molecule has 9 nitrogen and oxygen atoms in total. The Kier molecular flexibility index (Phi) is 5.55. The van der Waals surface area contributed by atoms with Crippen LogP contribution in [-0.4, -0.2) is 28.0 Å². The number of nitriles is 1. The van der Waals surface area contributed by atoms with Crippen molar-refractivity contribution in [2.75, 3.05) is 4.72 Å². The van der Waals surface area contributed by atoms with Gasteiger partial charge in [0.2, 0.25) is 5.13 Å². The number of nitrogens with one attached hydrogen (secondary N) is 2. The van der Waals surface area contributed by atoms with Gasteiger partial charge in [-0.25, -0.2) is 17.8 Å².